The number of nitrogens with zero attached hydrogens (tertiary/aromatic N) is 2. The van der Waals surface area contributed by atoms with Gasteiger partial charge in [0.25, 0.3) is 17.5 Å². The van der Waals surface area contributed by atoms with Crippen molar-refractivity contribution in [3.8, 4) is 0 Å². The highest BCUT2D eigenvalue weighted by Crippen LogP contribution is 2.28. The Hall–Kier alpha value is -2.54. The smallest absolute Gasteiger partial charge is 0.270 e. The lowest BCUT2D eigenvalue weighted by molar-refractivity contribution is -0.384. The molecule has 0 aromatic heterocycles. The van der Waals surface area contributed by atoms with Crippen LogP contribution in [0, 0.1) is 10.1 Å². The Morgan fingerprint density at radius 2 is 1.77 bits per heavy atom. The van der Waals surface area contributed by atoms with E-state index in [1.807, 2.05) is 18.2 Å². The Labute approximate surface area is 133 Å². The number of fused-ring (bicyclic) bond motifs is 1. The average Bonchev–Trinajstić information content (AvgIpc) is 2.72. The van der Waals surface area contributed by atoms with Gasteiger partial charge in [-0.2, -0.15) is 0 Å². The number of carbonyl (C=O) groups excluding carboxylic acids is 2. The van der Waals surface area contributed by atoms with E-state index in [0.717, 1.165) is 21.0 Å². The number of hydrogen-bond acceptors (Lipinski definition) is 4. The molecule has 3 rings (SSSR count). The van der Waals surface area contributed by atoms with Crippen LogP contribution in [0.25, 0.3) is 0 Å². The zero-order valence-electron chi connectivity index (χ0n) is 11.2. The first-order chi connectivity index (χ1) is 10.5. The molecule has 0 saturated heterocycles. The maximum atomic E-state index is 12.3. The van der Waals surface area contributed by atoms with Crippen LogP contribution in [0.4, 0.5) is 5.69 Å². The number of nitro benzene ring substituents is 1. The molecule has 0 N–H and O–H groups in total. The predicted octanol–water partition coefficient (Wildman–Crippen LogP) is 3.15. The van der Waals surface area contributed by atoms with Gasteiger partial charge in [-0.15, -0.1) is 0 Å². The normalized spacial score (nSPS) is 13.4. The van der Waals surface area contributed by atoms with E-state index in [9.17, 15) is 19.7 Å². The van der Waals surface area contributed by atoms with Crippen molar-refractivity contribution in [2.75, 3.05) is 0 Å². The molecule has 7 heteroatoms. The molecule has 0 fully saturated rings. The van der Waals surface area contributed by atoms with Crippen LogP contribution >= 0.6 is 15.9 Å². The zero-order chi connectivity index (χ0) is 15.9. The molecule has 0 radical (unpaired) electrons. The summed E-state index contributed by atoms with van der Waals surface area (Å²) in [6, 6.07) is 11.0. The number of amides is 2. The molecule has 110 valence electrons. The highest BCUT2D eigenvalue weighted by Gasteiger charge is 2.36. The van der Waals surface area contributed by atoms with Crippen molar-refractivity contribution in [3.63, 3.8) is 0 Å². The number of nitro groups is 1. The summed E-state index contributed by atoms with van der Waals surface area (Å²) in [5.74, 6) is -0.946. The summed E-state index contributed by atoms with van der Waals surface area (Å²) in [6.45, 7) is 0.125. The highest BCUT2D eigenvalue weighted by molar-refractivity contribution is 9.10. The number of non-ortho nitro benzene ring substituents is 1. The van der Waals surface area contributed by atoms with Gasteiger partial charge in [0.2, 0.25) is 0 Å². The maximum absolute atomic E-state index is 12.3. The minimum Gasteiger partial charge on any atom is -0.270 e. The second-order valence-electron chi connectivity index (χ2n) is 4.81. The molecule has 1 aliphatic rings. The quantitative estimate of drug-likeness (QED) is 0.478. The molecule has 22 heavy (non-hydrogen) atoms. The zero-order valence-corrected chi connectivity index (χ0v) is 12.7. The van der Waals surface area contributed by atoms with E-state index in [2.05, 4.69) is 15.9 Å². The van der Waals surface area contributed by atoms with Crippen molar-refractivity contribution in [3.05, 3.63) is 73.7 Å². The Morgan fingerprint density at radius 1 is 1.05 bits per heavy atom. The Bertz CT molecular complexity index is 819. The molecule has 0 aliphatic carbocycles. The lowest BCUT2D eigenvalue weighted by atomic mass is 10.1. The fraction of sp³-hybridized carbons (Fsp3) is 0.0667. The van der Waals surface area contributed by atoms with E-state index in [4.69, 9.17) is 0 Å². The molecule has 0 spiro atoms. The molecule has 2 aromatic rings. The maximum Gasteiger partial charge on any atom is 0.270 e. The van der Waals surface area contributed by atoms with Gasteiger partial charge in [0, 0.05) is 16.6 Å². The van der Waals surface area contributed by atoms with Crippen LogP contribution in [0.3, 0.4) is 0 Å². The predicted molar refractivity (Wildman–Crippen MR) is 81.4 cm³/mol. The van der Waals surface area contributed by atoms with Gasteiger partial charge in [-0.05, 0) is 23.8 Å². The third-order valence-corrected chi connectivity index (χ3v) is 3.89. The van der Waals surface area contributed by atoms with Crippen molar-refractivity contribution in [2.45, 2.75) is 6.54 Å². The molecule has 0 unspecified atom stereocenters. The van der Waals surface area contributed by atoms with Crippen LogP contribution in [0.5, 0.6) is 0 Å². The number of imide groups is 1. The first kappa shape index (κ1) is 14.4. The van der Waals surface area contributed by atoms with Crippen LogP contribution in [0.2, 0.25) is 0 Å². The molecule has 1 heterocycles. The molecule has 1 aliphatic heterocycles. The van der Waals surface area contributed by atoms with Crippen LogP contribution in [0.1, 0.15) is 26.3 Å². The minimum atomic E-state index is -0.588. The number of rotatable bonds is 3. The Morgan fingerprint density at radius 3 is 2.45 bits per heavy atom. The summed E-state index contributed by atoms with van der Waals surface area (Å²) in [6.07, 6.45) is 0. The van der Waals surface area contributed by atoms with E-state index in [1.165, 1.54) is 12.1 Å². The minimum absolute atomic E-state index is 0.0780. The number of carbonyl (C=O) groups is 2. The van der Waals surface area contributed by atoms with Gasteiger partial charge < -0.3 is 0 Å². The summed E-state index contributed by atoms with van der Waals surface area (Å²) < 4.78 is 0.845. The van der Waals surface area contributed by atoms with Crippen molar-refractivity contribution in [2.24, 2.45) is 0 Å². The molecule has 0 bridgehead atoms. The monoisotopic (exact) mass is 360 g/mol. The van der Waals surface area contributed by atoms with E-state index < -0.39 is 16.7 Å². The van der Waals surface area contributed by atoms with Crippen LogP contribution < -0.4 is 0 Å². The lowest BCUT2D eigenvalue weighted by Crippen LogP contribution is -2.29. The van der Waals surface area contributed by atoms with Gasteiger partial charge in [0.15, 0.2) is 0 Å². The third kappa shape index (κ3) is 2.39. The fourth-order valence-electron chi connectivity index (χ4n) is 2.35. The van der Waals surface area contributed by atoms with Crippen molar-refractivity contribution in [1.82, 2.24) is 4.90 Å². The fourth-order valence-corrected chi connectivity index (χ4v) is 2.80. The van der Waals surface area contributed by atoms with Gasteiger partial charge in [-0.1, -0.05) is 28.1 Å². The third-order valence-electron chi connectivity index (χ3n) is 3.39. The molecule has 0 saturated carbocycles. The van der Waals surface area contributed by atoms with Gasteiger partial charge >= 0.3 is 0 Å². The standard InChI is InChI=1S/C15H9BrN2O4/c16-10-3-1-2-9(6-10)8-17-14(19)12-5-4-11(18(21)22)7-13(12)15(17)20/h1-7H,8H2. The largest absolute Gasteiger partial charge is 0.270 e. The average molecular weight is 361 g/mol. The summed E-state index contributed by atoms with van der Waals surface area (Å²) in [5.41, 5.74) is 0.863. The summed E-state index contributed by atoms with van der Waals surface area (Å²) in [4.78, 5) is 35.9. The molecule has 2 amide bonds. The van der Waals surface area contributed by atoms with Crippen LogP contribution in [-0.4, -0.2) is 21.6 Å². The Kier molecular flexibility index (Phi) is 3.50. The molecular weight excluding hydrogens is 352 g/mol. The van der Waals surface area contributed by atoms with E-state index >= 15 is 0 Å². The lowest BCUT2D eigenvalue weighted by Gasteiger charge is -2.13. The van der Waals surface area contributed by atoms with Gasteiger partial charge in [0.1, 0.15) is 0 Å². The SMILES string of the molecule is O=C1c2ccc([N+](=O)[O-])cc2C(=O)N1Cc1cccc(Br)c1. The van der Waals surface area contributed by atoms with Crippen molar-refractivity contribution >= 4 is 33.4 Å². The second-order valence-corrected chi connectivity index (χ2v) is 5.73. The van der Waals surface area contributed by atoms with Crippen LogP contribution in [-0.2, 0) is 6.54 Å². The molecule has 2 aromatic carbocycles. The van der Waals surface area contributed by atoms with Crippen molar-refractivity contribution in [1.29, 1.82) is 0 Å². The van der Waals surface area contributed by atoms with E-state index in [-0.39, 0.29) is 23.4 Å². The number of halogens is 1. The highest BCUT2D eigenvalue weighted by atomic mass is 79.9. The van der Waals surface area contributed by atoms with Gasteiger partial charge in [-0.3, -0.25) is 24.6 Å². The summed E-state index contributed by atoms with van der Waals surface area (Å²) in [7, 11) is 0. The van der Waals surface area contributed by atoms with Gasteiger partial charge in [-0.25, -0.2) is 0 Å². The topological polar surface area (TPSA) is 80.5 Å². The van der Waals surface area contributed by atoms with Gasteiger partial charge in [0.05, 0.1) is 22.6 Å². The van der Waals surface area contributed by atoms with E-state index in [0.29, 0.717) is 0 Å². The first-order valence-corrected chi connectivity index (χ1v) is 7.16. The second kappa shape index (κ2) is 5.34. The Balaban J connectivity index is 1.94. The van der Waals surface area contributed by atoms with Crippen molar-refractivity contribution < 1.29 is 14.5 Å². The number of hydrogen-bond donors (Lipinski definition) is 0. The molecule has 0 atom stereocenters. The summed E-state index contributed by atoms with van der Waals surface area (Å²) >= 11 is 3.33. The number of benzene rings is 2. The summed E-state index contributed by atoms with van der Waals surface area (Å²) in [5, 5.41) is 10.8. The molecular formula is C15H9BrN2O4. The molecule has 6 nitrogen and oxygen atoms in total. The first-order valence-electron chi connectivity index (χ1n) is 6.36. The van der Waals surface area contributed by atoms with Crippen LogP contribution in [0.15, 0.2) is 46.9 Å². The van der Waals surface area contributed by atoms with E-state index in [1.54, 1.807) is 6.07 Å².